The molecule has 0 unspecified atom stereocenters. The van der Waals surface area contributed by atoms with Gasteiger partial charge < -0.3 is 14.9 Å². The summed E-state index contributed by atoms with van der Waals surface area (Å²) in [5.41, 5.74) is 2.64. The number of nitrogens with zero attached hydrogens (tertiary/aromatic N) is 3. The highest BCUT2D eigenvalue weighted by Crippen LogP contribution is 2.33. The van der Waals surface area contributed by atoms with Crippen molar-refractivity contribution in [2.75, 3.05) is 33.4 Å². The van der Waals surface area contributed by atoms with E-state index in [-0.39, 0.29) is 12.5 Å². The Labute approximate surface area is 195 Å². The summed E-state index contributed by atoms with van der Waals surface area (Å²) >= 11 is 0. The molecular weight excluding hydrogens is 414 g/mol. The average molecular weight is 446 g/mol. The highest BCUT2D eigenvalue weighted by atomic mass is 16.5. The van der Waals surface area contributed by atoms with Gasteiger partial charge in [-0.25, -0.2) is 0 Å². The van der Waals surface area contributed by atoms with E-state index in [9.17, 15) is 10.2 Å². The monoisotopic (exact) mass is 445 g/mol. The van der Waals surface area contributed by atoms with Crippen LogP contribution in [0.1, 0.15) is 36.5 Å². The number of ether oxygens (including phenoxy) is 1. The molecule has 6 heteroatoms. The molecule has 3 aromatic rings. The highest BCUT2D eigenvalue weighted by Gasteiger charge is 2.29. The predicted molar refractivity (Wildman–Crippen MR) is 129 cm³/mol. The molecule has 3 heterocycles. The van der Waals surface area contributed by atoms with Crippen molar-refractivity contribution in [1.29, 1.82) is 0 Å². The van der Waals surface area contributed by atoms with Gasteiger partial charge in [0, 0.05) is 42.7 Å². The van der Waals surface area contributed by atoms with Gasteiger partial charge in [-0.2, -0.15) is 0 Å². The Bertz CT molecular complexity index is 1110. The molecule has 33 heavy (non-hydrogen) atoms. The Morgan fingerprint density at radius 3 is 2.91 bits per heavy atom. The van der Waals surface area contributed by atoms with Gasteiger partial charge in [0.1, 0.15) is 5.75 Å². The number of aromatic nitrogens is 2. The van der Waals surface area contributed by atoms with Gasteiger partial charge in [-0.3, -0.25) is 14.9 Å². The van der Waals surface area contributed by atoms with Crippen LogP contribution < -0.4 is 4.74 Å². The number of benzene rings is 1. The van der Waals surface area contributed by atoms with Crippen LogP contribution in [0.25, 0.3) is 10.9 Å². The molecule has 0 aliphatic carbocycles. The van der Waals surface area contributed by atoms with Gasteiger partial charge in [-0.15, -0.1) is 0 Å². The van der Waals surface area contributed by atoms with Crippen LogP contribution in [-0.4, -0.2) is 58.4 Å². The van der Waals surface area contributed by atoms with Crippen LogP contribution in [0.3, 0.4) is 0 Å². The number of pyridine rings is 2. The van der Waals surface area contributed by atoms with E-state index in [1.54, 1.807) is 25.7 Å². The summed E-state index contributed by atoms with van der Waals surface area (Å²) in [6.45, 7) is 2.62. The minimum absolute atomic E-state index is 0.155. The minimum atomic E-state index is -0.578. The summed E-state index contributed by atoms with van der Waals surface area (Å²) < 4.78 is 5.35. The number of fused-ring (bicyclic) bond motifs is 1. The minimum Gasteiger partial charge on any atom is -0.497 e. The lowest BCUT2D eigenvalue weighted by molar-refractivity contribution is 0.0640. The first-order valence-electron chi connectivity index (χ1n) is 11.5. The van der Waals surface area contributed by atoms with E-state index in [0.717, 1.165) is 53.7 Å². The number of aliphatic hydroxyl groups excluding tert-OH is 2. The van der Waals surface area contributed by atoms with E-state index < -0.39 is 6.10 Å². The summed E-state index contributed by atoms with van der Waals surface area (Å²) in [5.74, 6) is 7.71. The molecule has 4 rings (SSSR count). The number of methoxy groups -OCH3 is 1. The second-order valence-electron chi connectivity index (χ2n) is 8.65. The molecule has 0 radical (unpaired) electrons. The van der Waals surface area contributed by atoms with Crippen molar-refractivity contribution in [2.24, 2.45) is 11.8 Å². The molecule has 0 saturated carbocycles. The van der Waals surface area contributed by atoms with E-state index in [0.29, 0.717) is 18.9 Å². The van der Waals surface area contributed by atoms with Crippen molar-refractivity contribution in [2.45, 2.75) is 25.4 Å². The van der Waals surface area contributed by atoms with E-state index in [4.69, 9.17) is 4.74 Å². The first kappa shape index (κ1) is 23.2. The van der Waals surface area contributed by atoms with E-state index >= 15 is 0 Å². The molecule has 1 aliphatic rings. The summed E-state index contributed by atoms with van der Waals surface area (Å²) in [4.78, 5) is 10.8. The molecule has 172 valence electrons. The third-order valence-electron chi connectivity index (χ3n) is 6.56. The van der Waals surface area contributed by atoms with Gasteiger partial charge in [-0.05, 0) is 79.6 Å². The Balaban J connectivity index is 1.34. The van der Waals surface area contributed by atoms with Crippen LogP contribution in [0.2, 0.25) is 0 Å². The Morgan fingerprint density at radius 1 is 1.21 bits per heavy atom. The molecule has 0 amide bonds. The third-order valence-corrected chi connectivity index (χ3v) is 6.56. The molecule has 2 N–H and O–H groups in total. The highest BCUT2D eigenvalue weighted by molar-refractivity contribution is 5.83. The Morgan fingerprint density at radius 2 is 2.12 bits per heavy atom. The second-order valence-corrected chi connectivity index (χ2v) is 8.65. The molecule has 3 atom stereocenters. The number of aliphatic hydroxyl groups is 2. The fourth-order valence-corrected chi connectivity index (χ4v) is 4.67. The van der Waals surface area contributed by atoms with Gasteiger partial charge >= 0.3 is 0 Å². The number of rotatable bonds is 7. The maximum atomic E-state index is 11.0. The molecule has 0 spiro atoms. The molecule has 1 fully saturated rings. The first-order chi connectivity index (χ1) is 16.2. The first-order valence-corrected chi connectivity index (χ1v) is 11.5. The quantitative estimate of drug-likeness (QED) is 0.543. The molecule has 1 aromatic carbocycles. The maximum Gasteiger partial charge on any atom is 0.119 e. The number of hydrogen-bond donors (Lipinski definition) is 2. The predicted octanol–water partition coefficient (Wildman–Crippen LogP) is 3.43. The maximum absolute atomic E-state index is 11.0. The summed E-state index contributed by atoms with van der Waals surface area (Å²) in [7, 11) is 1.64. The van der Waals surface area contributed by atoms with E-state index in [1.165, 1.54) is 0 Å². The summed E-state index contributed by atoms with van der Waals surface area (Å²) in [6, 6.07) is 11.5. The van der Waals surface area contributed by atoms with Crippen LogP contribution in [0, 0.1) is 23.7 Å². The zero-order chi connectivity index (χ0) is 23.0. The smallest absolute Gasteiger partial charge is 0.119 e. The zero-order valence-corrected chi connectivity index (χ0v) is 19.0. The lowest BCUT2D eigenvalue weighted by Crippen LogP contribution is -2.42. The van der Waals surface area contributed by atoms with Crippen LogP contribution in [0.5, 0.6) is 5.75 Å². The summed E-state index contributed by atoms with van der Waals surface area (Å²) in [6.07, 6.45) is 7.20. The van der Waals surface area contributed by atoms with Crippen LogP contribution in [-0.2, 0) is 0 Å². The molecule has 2 aromatic heterocycles. The normalized spacial score (nSPS) is 19.6. The fourth-order valence-electron chi connectivity index (χ4n) is 4.67. The lowest BCUT2D eigenvalue weighted by Gasteiger charge is -2.37. The Hall–Kier alpha value is -2.98. The van der Waals surface area contributed by atoms with Crippen molar-refractivity contribution in [3.63, 3.8) is 0 Å². The number of piperidine rings is 1. The van der Waals surface area contributed by atoms with Crippen molar-refractivity contribution >= 4 is 10.9 Å². The molecule has 1 saturated heterocycles. The van der Waals surface area contributed by atoms with E-state index in [2.05, 4.69) is 26.7 Å². The van der Waals surface area contributed by atoms with Crippen molar-refractivity contribution in [3.05, 3.63) is 66.1 Å². The number of likely N-dealkylation sites (tertiary alicyclic amines) is 1. The molecule has 6 nitrogen and oxygen atoms in total. The molecule has 1 aliphatic heterocycles. The van der Waals surface area contributed by atoms with E-state index in [1.807, 2.05) is 36.4 Å². The van der Waals surface area contributed by atoms with Crippen LogP contribution in [0.4, 0.5) is 0 Å². The zero-order valence-electron chi connectivity index (χ0n) is 19.0. The second kappa shape index (κ2) is 11.2. The Kier molecular flexibility index (Phi) is 7.90. The van der Waals surface area contributed by atoms with Crippen LogP contribution >= 0.6 is 0 Å². The van der Waals surface area contributed by atoms with Crippen molar-refractivity contribution in [1.82, 2.24) is 14.9 Å². The standard InChI is InChI=1S/C27H31N3O3/c1-33-23-7-8-26-25(16-23)24(10-13-29-26)27(32)9-6-21-11-15-30(18-22(21)19-31)14-3-5-20-4-2-12-28-17-20/h2,4,7-8,10,12-13,16-17,21-22,27,31-32H,6,9,11,14-15,18-19H2,1H3/t21-,22-,27+/m1/s1. The third kappa shape index (κ3) is 5.88. The largest absolute Gasteiger partial charge is 0.497 e. The molecule has 0 bridgehead atoms. The van der Waals surface area contributed by atoms with Gasteiger partial charge in [0.2, 0.25) is 0 Å². The topological polar surface area (TPSA) is 78.7 Å². The van der Waals surface area contributed by atoms with Gasteiger partial charge in [0.05, 0.1) is 25.3 Å². The van der Waals surface area contributed by atoms with Gasteiger partial charge in [-0.1, -0.05) is 11.8 Å². The fraction of sp³-hybridized carbons (Fsp3) is 0.407. The SMILES string of the molecule is COc1ccc2nccc([C@@H](O)CC[C@@H]3CCN(CC#Cc4cccnc4)C[C@@H]3CO)c2c1. The van der Waals surface area contributed by atoms with Crippen LogP contribution in [0.15, 0.2) is 55.0 Å². The van der Waals surface area contributed by atoms with Gasteiger partial charge in [0.15, 0.2) is 0 Å². The van der Waals surface area contributed by atoms with Gasteiger partial charge in [0.25, 0.3) is 0 Å². The summed E-state index contributed by atoms with van der Waals surface area (Å²) in [5, 5.41) is 21.9. The van der Waals surface area contributed by atoms with Crippen molar-refractivity contribution < 1.29 is 14.9 Å². The van der Waals surface area contributed by atoms with Crippen molar-refractivity contribution in [3.8, 4) is 17.6 Å². The molecular formula is C27H31N3O3. The average Bonchev–Trinajstić information content (AvgIpc) is 2.87. The lowest BCUT2D eigenvalue weighted by atomic mass is 9.81. The number of hydrogen-bond acceptors (Lipinski definition) is 6.